The molecule has 7 nitrogen and oxygen atoms in total. The van der Waals surface area contributed by atoms with Gasteiger partial charge in [0.2, 0.25) is 0 Å². The highest BCUT2D eigenvalue weighted by Gasteiger charge is 2.26. The van der Waals surface area contributed by atoms with Gasteiger partial charge in [-0.05, 0) is 68.9 Å². The topological polar surface area (TPSA) is 78.1 Å². The second kappa shape index (κ2) is 10.2. The molecule has 0 atom stereocenters. The molecule has 2 heterocycles. The summed E-state index contributed by atoms with van der Waals surface area (Å²) in [5, 5.41) is 3.59. The summed E-state index contributed by atoms with van der Waals surface area (Å²) in [7, 11) is 1.62. The lowest BCUT2D eigenvalue weighted by molar-refractivity contribution is 0.0919. The van der Waals surface area contributed by atoms with Gasteiger partial charge in [-0.1, -0.05) is 35.9 Å². The molecule has 0 bridgehead atoms. The maximum atomic E-state index is 13.7. The minimum Gasteiger partial charge on any atom is -0.495 e. The molecular weight excluding hydrogens is 476 g/mol. The summed E-state index contributed by atoms with van der Waals surface area (Å²) < 4.78 is 9.16. The standard InChI is InChI=1S/C28H29ClN4O3/c1-18-22(15-20(29)16-30-18)27(34)31-21-13-11-19(12-14-21)17-32-23-7-3-4-8-24(23)33(28(32)35)25-9-5-6-10-26(25)36-2/h3-10,15-16,19,21H,11-14,17H2,1-2H3,(H,31,34)/t19-,21-. The Bertz CT molecular complexity index is 1470. The van der Waals surface area contributed by atoms with Crippen molar-refractivity contribution in [1.82, 2.24) is 19.4 Å². The molecule has 1 amide bonds. The molecule has 1 fully saturated rings. The summed E-state index contributed by atoms with van der Waals surface area (Å²) in [6, 6.07) is 17.2. The number of carbonyl (C=O) groups excluding carboxylic acids is 1. The number of nitrogens with one attached hydrogen (secondary N) is 1. The third-order valence-corrected chi connectivity index (χ3v) is 7.29. The summed E-state index contributed by atoms with van der Waals surface area (Å²) in [6.45, 7) is 2.45. The number of fused-ring (bicyclic) bond motifs is 1. The Morgan fingerprint density at radius 1 is 1.08 bits per heavy atom. The number of benzene rings is 2. The van der Waals surface area contributed by atoms with E-state index in [0.29, 0.717) is 34.5 Å². The molecule has 5 rings (SSSR count). The van der Waals surface area contributed by atoms with E-state index in [4.69, 9.17) is 16.3 Å². The molecule has 1 N–H and O–H groups in total. The van der Waals surface area contributed by atoms with Gasteiger partial charge in [-0.25, -0.2) is 4.79 Å². The van der Waals surface area contributed by atoms with Crippen LogP contribution in [0.5, 0.6) is 5.75 Å². The van der Waals surface area contributed by atoms with Gasteiger partial charge in [0.15, 0.2) is 0 Å². The van der Waals surface area contributed by atoms with E-state index in [1.54, 1.807) is 30.9 Å². The fourth-order valence-corrected chi connectivity index (χ4v) is 5.34. The van der Waals surface area contributed by atoms with Crippen LogP contribution < -0.4 is 15.7 Å². The summed E-state index contributed by atoms with van der Waals surface area (Å²) >= 11 is 6.03. The SMILES string of the molecule is COc1ccccc1-n1c(=O)n(C[C@H]2CC[C@H](NC(=O)c3cc(Cl)cnc3C)CC2)c2ccccc21. The molecule has 36 heavy (non-hydrogen) atoms. The summed E-state index contributed by atoms with van der Waals surface area (Å²) in [4.78, 5) is 30.6. The maximum absolute atomic E-state index is 13.7. The van der Waals surface area contributed by atoms with Crippen LogP contribution in [0.2, 0.25) is 5.02 Å². The highest BCUT2D eigenvalue weighted by atomic mass is 35.5. The van der Waals surface area contributed by atoms with Crippen LogP contribution in [-0.2, 0) is 6.54 Å². The number of nitrogens with zero attached hydrogens (tertiary/aromatic N) is 3. The number of imidazole rings is 1. The zero-order chi connectivity index (χ0) is 25.2. The van der Waals surface area contributed by atoms with Gasteiger partial charge in [-0.3, -0.25) is 18.9 Å². The van der Waals surface area contributed by atoms with E-state index < -0.39 is 0 Å². The number of methoxy groups -OCH3 is 1. The van der Waals surface area contributed by atoms with E-state index in [1.165, 1.54) is 0 Å². The number of aromatic nitrogens is 3. The first kappa shape index (κ1) is 24.1. The molecule has 0 unspecified atom stereocenters. The van der Waals surface area contributed by atoms with E-state index in [0.717, 1.165) is 42.4 Å². The van der Waals surface area contributed by atoms with Crippen molar-refractivity contribution in [3.8, 4) is 11.4 Å². The number of amides is 1. The molecule has 186 valence electrons. The number of hydrogen-bond acceptors (Lipinski definition) is 4. The van der Waals surface area contributed by atoms with Crippen molar-refractivity contribution >= 4 is 28.5 Å². The van der Waals surface area contributed by atoms with Crippen molar-refractivity contribution in [1.29, 1.82) is 0 Å². The van der Waals surface area contributed by atoms with Crippen molar-refractivity contribution in [3.63, 3.8) is 0 Å². The summed E-state index contributed by atoms with van der Waals surface area (Å²) in [5.41, 5.74) is 3.61. The molecule has 2 aromatic carbocycles. The lowest BCUT2D eigenvalue weighted by atomic mass is 9.85. The number of carbonyl (C=O) groups is 1. The normalized spacial score (nSPS) is 17.8. The largest absolute Gasteiger partial charge is 0.495 e. The van der Waals surface area contributed by atoms with Crippen LogP contribution in [0.15, 0.2) is 65.6 Å². The number of aryl methyl sites for hydroxylation is 1. The summed E-state index contributed by atoms with van der Waals surface area (Å²) in [6.07, 6.45) is 5.13. The zero-order valence-corrected chi connectivity index (χ0v) is 21.2. The fraction of sp³-hybridized carbons (Fsp3) is 0.321. The van der Waals surface area contributed by atoms with Crippen LogP contribution >= 0.6 is 11.6 Å². The number of halogens is 1. The molecule has 0 radical (unpaired) electrons. The van der Waals surface area contributed by atoms with Gasteiger partial charge >= 0.3 is 5.69 Å². The third-order valence-electron chi connectivity index (χ3n) is 7.08. The predicted octanol–water partition coefficient (Wildman–Crippen LogP) is 5.15. The van der Waals surface area contributed by atoms with E-state index in [1.807, 2.05) is 53.1 Å². The first-order valence-corrected chi connectivity index (χ1v) is 12.6. The monoisotopic (exact) mass is 504 g/mol. The number of para-hydroxylation sites is 4. The first-order valence-electron chi connectivity index (χ1n) is 12.2. The van der Waals surface area contributed by atoms with E-state index in [9.17, 15) is 9.59 Å². The Balaban J connectivity index is 1.33. The first-order chi connectivity index (χ1) is 17.5. The lowest BCUT2D eigenvalue weighted by Crippen LogP contribution is -2.39. The Morgan fingerprint density at radius 2 is 1.78 bits per heavy atom. The van der Waals surface area contributed by atoms with Gasteiger partial charge in [-0.2, -0.15) is 0 Å². The molecule has 2 aromatic heterocycles. The van der Waals surface area contributed by atoms with Gasteiger partial charge in [-0.15, -0.1) is 0 Å². The third kappa shape index (κ3) is 4.63. The van der Waals surface area contributed by atoms with Gasteiger partial charge in [0, 0.05) is 18.8 Å². The van der Waals surface area contributed by atoms with Crippen LogP contribution in [0.25, 0.3) is 16.7 Å². The van der Waals surface area contributed by atoms with Crippen LogP contribution in [0.4, 0.5) is 0 Å². The van der Waals surface area contributed by atoms with Gasteiger partial charge in [0.1, 0.15) is 5.75 Å². The Morgan fingerprint density at radius 3 is 2.53 bits per heavy atom. The van der Waals surface area contributed by atoms with E-state index in [2.05, 4.69) is 10.3 Å². The molecule has 0 spiro atoms. The quantitative estimate of drug-likeness (QED) is 0.394. The highest BCUT2D eigenvalue weighted by Crippen LogP contribution is 2.29. The van der Waals surface area contributed by atoms with Crippen LogP contribution in [0.3, 0.4) is 0 Å². The minimum atomic E-state index is -0.137. The lowest BCUT2D eigenvalue weighted by Gasteiger charge is -2.29. The van der Waals surface area contributed by atoms with Crippen molar-refractivity contribution in [2.24, 2.45) is 5.92 Å². The van der Waals surface area contributed by atoms with E-state index >= 15 is 0 Å². The molecular formula is C28H29ClN4O3. The molecule has 4 aromatic rings. The Labute approximate surface area is 214 Å². The van der Waals surface area contributed by atoms with Gasteiger partial charge < -0.3 is 10.1 Å². The van der Waals surface area contributed by atoms with Crippen molar-refractivity contribution in [2.75, 3.05) is 7.11 Å². The molecule has 1 aliphatic carbocycles. The Kier molecular flexibility index (Phi) is 6.83. The van der Waals surface area contributed by atoms with Crippen molar-refractivity contribution in [3.05, 3.63) is 87.6 Å². The van der Waals surface area contributed by atoms with Gasteiger partial charge in [0.05, 0.1) is 40.1 Å². The predicted molar refractivity (Wildman–Crippen MR) is 141 cm³/mol. The smallest absolute Gasteiger partial charge is 0.333 e. The van der Waals surface area contributed by atoms with E-state index in [-0.39, 0.29) is 17.6 Å². The van der Waals surface area contributed by atoms with Crippen molar-refractivity contribution < 1.29 is 9.53 Å². The molecule has 0 saturated heterocycles. The average molecular weight is 505 g/mol. The fourth-order valence-electron chi connectivity index (χ4n) is 5.18. The molecule has 0 aliphatic heterocycles. The highest BCUT2D eigenvalue weighted by molar-refractivity contribution is 6.30. The molecule has 8 heteroatoms. The van der Waals surface area contributed by atoms with Crippen LogP contribution in [0, 0.1) is 12.8 Å². The number of hydrogen-bond donors (Lipinski definition) is 1. The average Bonchev–Trinajstić information content (AvgIpc) is 3.17. The maximum Gasteiger partial charge on any atom is 0.333 e. The summed E-state index contributed by atoms with van der Waals surface area (Å²) in [5.74, 6) is 0.869. The second-order valence-electron chi connectivity index (χ2n) is 9.37. The zero-order valence-electron chi connectivity index (χ0n) is 20.4. The van der Waals surface area contributed by atoms with Crippen LogP contribution in [0.1, 0.15) is 41.7 Å². The minimum absolute atomic E-state index is 0.0694. The Hall–Kier alpha value is -3.58. The number of rotatable bonds is 6. The molecule has 1 saturated carbocycles. The second-order valence-corrected chi connectivity index (χ2v) is 9.80. The van der Waals surface area contributed by atoms with Crippen molar-refractivity contribution in [2.45, 2.75) is 45.2 Å². The number of ether oxygens (including phenoxy) is 1. The van der Waals surface area contributed by atoms with Gasteiger partial charge in [0.25, 0.3) is 5.91 Å². The van der Waals surface area contributed by atoms with Crippen LogP contribution in [-0.4, -0.2) is 33.2 Å². The molecule has 1 aliphatic rings. The number of pyridine rings is 1.